The lowest BCUT2D eigenvalue weighted by Crippen LogP contribution is -2.04. The zero-order chi connectivity index (χ0) is 19.8. The normalized spacial score (nSPS) is 12.2. The highest BCUT2D eigenvalue weighted by Gasteiger charge is 2.19. The maximum Gasteiger partial charge on any atom is 0.294 e. The lowest BCUT2D eigenvalue weighted by molar-refractivity contribution is 0.471. The smallest absolute Gasteiger partial charge is 0.294 e. The Morgan fingerprint density at radius 2 is 1.37 bits per heavy atom. The van der Waals surface area contributed by atoms with Crippen molar-refractivity contribution in [1.82, 2.24) is 0 Å². The number of benzene rings is 3. The zero-order valence-electron chi connectivity index (χ0n) is 13.7. The Kier molecular flexibility index (Phi) is 4.82. The molecule has 27 heavy (non-hydrogen) atoms. The summed E-state index contributed by atoms with van der Waals surface area (Å²) in [5.41, 5.74) is 1.04. The van der Waals surface area contributed by atoms with Gasteiger partial charge >= 0.3 is 0 Å². The average molecular weight is 409 g/mol. The molecule has 3 aromatic rings. The van der Waals surface area contributed by atoms with E-state index in [1.165, 1.54) is 0 Å². The van der Waals surface area contributed by atoms with E-state index in [9.17, 15) is 31.0 Å². The summed E-state index contributed by atoms with van der Waals surface area (Å²) in [6, 6.07) is 13.1. The topological polar surface area (TPSA) is 141 Å². The van der Waals surface area contributed by atoms with Crippen LogP contribution >= 0.6 is 0 Å². The lowest BCUT2D eigenvalue weighted by atomic mass is 10.1. The van der Waals surface area contributed by atoms with Crippen molar-refractivity contribution in [2.45, 2.75) is 16.3 Å². The highest BCUT2D eigenvalue weighted by Crippen LogP contribution is 2.36. The number of nitrogens with one attached hydrogen (secondary N) is 1. The molecule has 0 unspecified atom stereocenters. The van der Waals surface area contributed by atoms with Gasteiger partial charge in [-0.2, -0.15) is 16.8 Å². The molecule has 8 nitrogen and oxygen atoms in total. The van der Waals surface area contributed by atoms with Crippen LogP contribution < -0.4 is 5.32 Å². The predicted octanol–water partition coefficient (Wildman–Crippen LogP) is 2.65. The average Bonchev–Trinajstić information content (AvgIpc) is 2.58. The second-order valence-electron chi connectivity index (χ2n) is 5.80. The molecule has 3 aromatic carbocycles. The van der Waals surface area contributed by atoms with Gasteiger partial charge in [-0.25, -0.2) is 0 Å². The highest BCUT2D eigenvalue weighted by atomic mass is 32.2. The van der Waals surface area contributed by atoms with Crippen LogP contribution in [0.2, 0.25) is 0 Å². The van der Waals surface area contributed by atoms with Crippen LogP contribution in [-0.2, 0) is 26.8 Å². The Hall–Kier alpha value is -2.66. The Morgan fingerprint density at radius 3 is 1.93 bits per heavy atom. The van der Waals surface area contributed by atoms with E-state index in [1.807, 2.05) is 30.3 Å². The van der Waals surface area contributed by atoms with Crippen LogP contribution in [0.3, 0.4) is 0 Å². The third-order valence-corrected chi connectivity index (χ3v) is 5.56. The molecular weight excluding hydrogens is 394 g/mol. The fraction of sp³-hybridized carbons (Fsp3) is 0.0588. The summed E-state index contributed by atoms with van der Waals surface area (Å²) in [5, 5.41) is 13.4. The van der Waals surface area contributed by atoms with Gasteiger partial charge in [0.2, 0.25) is 0 Å². The van der Waals surface area contributed by atoms with Gasteiger partial charge in [-0.15, -0.1) is 0 Å². The molecule has 3 rings (SSSR count). The Labute approximate surface area is 155 Å². The summed E-state index contributed by atoms with van der Waals surface area (Å²) < 4.78 is 64.4. The summed E-state index contributed by atoms with van der Waals surface area (Å²) in [6.07, 6.45) is 0. The number of fused-ring (bicyclic) bond motifs is 1. The van der Waals surface area contributed by atoms with E-state index in [-0.39, 0.29) is 23.0 Å². The second-order valence-corrected chi connectivity index (χ2v) is 8.64. The molecule has 0 radical (unpaired) electrons. The Balaban J connectivity index is 2.21. The van der Waals surface area contributed by atoms with Crippen LogP contribution in [-0.4, -0.2) is 31.0 Å². The van der Waals surface area contributed by atoms with Crippen LogP contribution in [0.25, 0.3) is 10.8 Å². The van der Waals surface area contributed by atoms with E-state index in [0.717, 1.165) is 29.8 Å². The third-order valence-electron chi connectivity index (χ3n) is 3.90. The van der Waals surface area contributed by atoms with Crippen molar-refractivity contribution in [3.05, 3.63) is 60.2 Å². The van der Waals surface area contributed by atoms with Crippen molar-refractivity contribution in [1.29, 1.82) is 0 Å². The number of anilines is 1. The number of phenolic OH excluding ortho intramolecular Hbond substituents is 1. The molecule has 0 bridgehead atoms. The van der Waals surface area contributed by atoms with Crippen molar-refractivity contribution >= 4 is 36.7 Å². The Bertz CT molecular complexity index is 1220. The summed E-state index contributed by atoms with van der Waals surface area (Å²) >= 11 is 0. The van der Waals surface area contributed by atoms with Gasteiger partial charge < -0.3 is 10.4 Å². The first-order chi connectivity index (χ1) is 12.6. The molecule has 10 heteroatoms. The molecule has 142 valence electrons. The number of aromatic hydroxyl groups is 1. The molecular formula is C17H15NO7S2. The van der Waals surface area contributed by atoms with Gasteiger partial charge in [-0.05, 0) is 29.1 Å². The molecule has 0 saturated carbocycles. The Morgan fingerprint density at radius 1 is 0.815 bits per heavy atom. The standard InChI is InChI=1S/C17H15NO7S2/c19-16-9-14(27(23,24)25)7-12-6-13(26(20,21)22)8-15(17(12)16)18-10-11-4-2-1-3-5-11/h1-9,18-19H,10H2,(H,20,21,22)(H,23,24,25). The molecule has 0 aliphatic rings. The van der Waals surface area contributed by atoms with E-state index < -0.39 is 35.8 Å². The van der Waals surface area contributed by atoms with Crippen LogP contribution in [0.15, 0.2) is 64.4 Å². The minimum Gasteiger partial charge on any atom is -0.507 e. The molecule has 0 aliphatic heterocycles. The van der Waals surface area contributed by atoms with Gasteiger partial charge in [0, 0.05) is 23.7 Å². The summed E-state index contributed by atoms with van der Waals surface area (Å²) in [6.45, 7) is 0.282. The van der Waals surface area contributed by atoms with E-state index in [4.69, 9.17) is 0 Å². The molecule has 0 heterocycles. The lowest BCUT2D eigenvalue weighted by Gasteiger charge is -2.14. The maximum absolute atomic E-state index is 11.6. The summed E-state index contributed by atoms with van der Waals surface area (Å²) in [5.74, 6) is -0.474. The SMILES string of the molecule is O=S(=O)(O)c1cc(O)c2c(NCc3ccccc3)cc(S(=O)(=O)O)cc2c1. The number of hydrogen-bond donors (Lipinski definition) is 4. The van der Waals surface area contributed by atoms with Gasteiger partial charge in [0.25, 0.3) is 20.2 Å². The van der Waals surface area contributed by atoms with Crippen molar-refractivity contribution in [3.8, 4) is 5.75 Å². The second kappa shape index (κ2) is 6.82. The van der Waals surface area contributed by atoms with Gasteiger partial charge in [-0.1, -0.05) is 30.3 Å². The van der Waals surface area contributed by atoms with E-state index in [0.29, 0.717) is 0 Å². The van der Waals surface area contributed by atoms with Crippen LogP contribution in [0.5, 0.6) is 5.75 Å². The van der Waals surface area contributed by atoms with Gasteiger partial charge in [0.05, 0.1) is 9.79 Å². The molecule has 0 amide bonds. The summed E-state index contributed by atoms with van der Waals surface area (Å²) in [4.78, 5) is -1.09. The van der Waals surface area contributed by atoms with Crippen molar-refractivity contribution in [2.75, 3.05) is 5.32 Å². The predicted molar refractivity (Wildman–Crippen MR) is 99.0 cm³/mol. The van der Waals surface area contributed by atoms with Crippen molar-refractivity contribution in [2.24, 2.45) is 0 Å². The van der Waals surface area contributed by atoms with Crippen molar-refractivity contribution < 1.29 is 31.0 Å². The monoisotopic (exact) mass is 409 g/mol. The first kappa shape index (κ1) is 19.1. The molecule has 0 spiro atoms. The number of rotatable bonds is 5. The summed E-state index contributed by atoms with van der Waals surface area (Å²) in [7, 11) is -9.22. The fourth-order valence-corrected chi connectivity index (χ4v) is 3.75. The number of hydrogen-bond acceptors (Lipinski definition) is 6. The number of phenols is 1. The minimum absolute atomic E-state index is 0.00770. The van der Waals surface area contributed by atoms with E-state index >= 15 is 0 Å². The van der Waals surface area contributed by atoms with E-state index in [1.54, 1.807) is 0 Å². The van der Waals surface area contributed by atoms with E-state index in [2.05, 4.69) is 5.32 Å². The molecule has 0 saturated heterocycles. The quantitative estimate of drug-likeness (QED) is 0.471. The minimum atomic E-state index is -4.63. The maximum atomic E-state index is 11.6. The molecule has 4 N–H and O–H groups in total. The van der Waals surface area contributed by atoms with Crippen LogP contribution in [0, 0.1) is 0 Å². The first-order valence-electron chi connectivity index (χ1n) is 7.59. The largest absolute Gasteiger partial charge is 0.507 e. The van der Waals surface area contributed by atoms with Crippen LogP contribution in [0.1, 0.15) is 5.56 Å². The fourth-order valence-electron chi connectivity index (χ4n) is 2.67. The van der Waals surface area contributed by atoms with Crippen LogP contribution in [0.4, 0.5) is 5.69 Å². The zero-order valence-corrected chi connectivity index (χ0v) is 15.3. The molecule has 0 aromatic heterocycles. The van der Waals surface area contributed by atoms with Gasteiger partial charge in [0.15, 0.2) is 0 Å². The van der Waals surface area contributed by atoms with Gasteiger partial charge in [0.1, 0.15) is 5.75 Å². The molecule has 0 fully saturated rings. The van der Waals surface area contributed by atoms with Gasteiger partial charge in [-0.3, -0.25) is 9.11 Å². The first-order valence-corrected chi connectivity index (χ1v) is 10.5. The molecule has 0 aliphatic carbocycles. The van der Waals surface area contributed by atoms with Crippen molar-refractivity contribution in [3.63, 3.8) is 0 Å². The third kappa shape index (κ3) is 4.19. The molecule has 0 atom stereocenters. The highest BCUT2D eigenvalue weighted by molar-refractivity contribution is 7.86.